The molecule has 0 radical (unpaired) electrons. The summed E-state index contributed by atoms with van der Waals surface area (Å²) >= 11 is 5.83. The number of Topliss-reactive ketones (excluding diaryl/α,β-unsaturated/α-hetero) is 1. The van der Waals surface area contributed by atoms with Crippen LogP contribution >= 0.6 is 11.6 Å². The number of rotatable bonds is 7. The van der Waals surface area contributed by atoms with Crippen LogP contribution in [0.2, 0.25) is 5.02 Å². The maximum atomic E-state index is 12.0. The van der Waals surface area contributed by atoms with Gasteiger partial charge in [0.05, 0.1) is 14.2 Å². The number of methoxy groups -OCH3 is 2. The van der Waals surface area contributed by atoms with Crippen LogP contribution in [0.15, 0.2) is 48.5 Å². The van der Waals surface area contributed by atoms with Crippen LogP contribution in [-0.2, 0) is 9.53 Å². The lowest BCUT2D eigenvalue weighted by atomic mass is 10.1. The van der Waals surface area contributed by atoms with Crippen LogP contribution in [0.5, 0.6) is 11.5 Å². The van der Waals surface area contributed by atoms with Crippen molar-refractivity contribution in [3.63, 3.8) is 0 Å². The number of hydrogen-bond donors (Lipinski definition) is 0. The van der Waals surface area contributed by atoms with Crippen molar-refractivity contribution >= 4 is 29.4 Å². The summed E-state index contributed by atoms with van der Waals surface area (Å²) in [5.74, 6) is 0.244. The van der Waals surface area contributed by atoms with E-state index in [0.29, 0.717) is 27.6 Å². The standard InChI is InChI=1S/C19H17ClO5/c1-23-16-7-8-18(24-2)14(11-16)6-9-19(22)25-12-17(21)13-4-3-5-15(20)10-13/h3-11H,12H2,1-2H3/b9-6+. The summed E-state index contributed by atoms with van der Waals surface area (Å²) in [5, 5.41) is 0.446. The number of carbonyl (C=O) groups is 2. The summed E-state index contributed by atoms with van der Waals surface area (Å²) in [5.41, 5.74) is 1.04. The van der Waals surface area contributed by atoms with Crippen molar-refractivity contribution in [2.45, 2.75) is 0 Å². The Hall–Kier alpha value is -2.79. The molecule has 0 bridgehead atoms. The van der Waals surface area contributed by atoms with Gasteiger partial charge in [0.15, 0.2) is 12.4 Å². The predicted octanol–water partition coefficient (Wildman–Crippen LogP) is 3.80. The third-order valence-electron chi connectivity index (χ3n) is 3.33. The number of benzene rings is 2. The summed E-state index contributed by atoms with van der Waals surface area (Å²) < 4.78 is 15.3. The Morgan fingerprint density at radius 3 is 2.56 bits per heavy atom. The maximum Gasteiger partial charge on any atom is 0.331 e. The predicted molar refractivity (Wildman–Crippen MR) is 95.3 cm³/mol. The van der Waals surface area contributed by atoms with Crippen LogP contribution in [0.3, 0.4) is 0 Å². The highest BCUT2D eigenvalue weighted by atomic mass is 35.5. The van der Waals surface area contributed by atoms with Gasteiger partial charge in [0.1, 0.15) is 11.5 Å². The summed E-state index contributed by atoms with van der Waals surface area (Å²) in [6, 6.07) is 11.7. The molecule has 2 aromatic carbocycles. The van der Waals surface area contributed by atoms with Crippen molar-refractivity contribution in [2.24, 2.45) is 0 Å². The van der Waals surface area contributed by atoms with Crippen LogP contribution in [-0.4, -0.2) is 32.6 Å². The number of esters is 1. The number of halogens is 1. The van der Waals surface area contributed by atoms with E-state index in [2.05, 4.69) is 0 Å². The lowest BCUT2D eigenvalue weighted by Gasteiger charge is -2.07. The van der Waals surface area contributed by atoms with E-state index in [9.17, 15) is 9.59 Å². The van der Waals surface area contributed by atoms with Gasteiger partial charge in [-0.25, -0.2) is 4.79 Å². The Kier molecular flexibility index (Phi) is 6.60. The first-order valence-electron chi connectivity index (χ1n) is 7.39. The first kappa shape index (κ1) is 18.5. The largest absolute Gasteiger partial charge is 0.497 e. The summed E-state index contributed by atoms with van der Waals surface area (Å²) in [7, 11) is 3.08. The number of hydrogen-bond acceptors (Lipinski definition) is 5. The molecule has 0 N–H and O–H groups in total. The highest BCUT2D eigenvalue weighted by Gasteiger charge is 2.09. The topological polar surface area (TPSA) is 61.8 Å². The van der Waals surface area contributed by atoms with Gasteiger partial charge in [-0.1, -0.05) is 23.7 Å². The van der Waals surface area contributed by atoms with Crippen molar-refractivity contribution in [1.29, 1.82) is 0 Å². The molecule has 0 aromatic heterocycles. The number of ether oxygens (including phenoxy) is 3. The van der Waals surface area contributed by atoms with Crippen LogP contribution in [0, 0.1) is 0 Å². The van der Waals surface area contributed by atoms with Gasteiger partial charge in [-0.05, 0) is 36.4 Å². The molecule has 0 spiro atoms. The van der Waals surface area contributed by atoms with E-state index in [1.54, 1.807) is 43.5 Å². The molecule has 0 amide bonds. The highest BCUT2D eigenvalue weighted by molar-refractivity contribution is 6.31. The first-order valence-corrected chi connectivity index (χ1v) is 7.77. The molecule has 5 nitrogen and oxygen atoms in total. The summed E-state index contributed by atoms with van der Waals surface area (Å²) in [6.45, 7) is -0.362. The van der Waals surface area contributed by atoms with Crippen LogP contribution < -0.4 is 9.47 Å². The van der Waals surface area contributed by atoms with Crippen molar-refractivity contribution in [2.75, 3.05) is 20.8 Å². The number of ketones is 1. The smallest absolute Gasteiger partial charge is 0.331 e. The maximum absolute atomic E-state index is 12.0. The van der Waals surface area contributed by atoms with Crippen LogP contribution in [0.4, 0.5) is 0 Å². The molecular weight excluding hydrogens is 344 g/mol. The molecule has 0 unspecified atom stereocenters. The SMILES string of the molecule is COc1ccc(OC)c(/C=C/C(=O)OCC(=O)c2cccc(Cl)c2)c1. The zero-order chi connectivity index (χ0) is 18.2. The van der Waals surface area contributed by atoms with E-state index in [1.165, 1.54) is 25.3 Å². The average molecular weight is 361 g/mol. The van der Waals surface area contributed by atoms with Gasteiger partial charge in [0, 0.05) is 22.2 Å². The minimum absolute atomic E-state index is 0.330. The van der Waals surface area contributed by atoms with Crippen molar-refractivity contribution in [1.82, 2.24) is 0 Å². The van der Waals surface area contributed by atoms with E-state index >= 15 is 0 Å². The monoisotopic (exact) mass is 360 g/mol. The summed E-state index contributed by atoms with van der Waals surface area (Å²) in [6.07, 6.45) is 2.76. The van der Waals surface area contributed by atoms with Gasteiger partial charge in [-0.3, -0.25) is 4.79 Å². The van der Waals surface area contributed by atoms with Gasteiger partial charge >= 0.3 is 5.97 Å². The van der Waals surface area contributed by atoms with E-state index < -0.39 is 5.97 Å². The molecule has 6 heteroatoms. The Bertz CT molecular complexity index is 798. The Labute approximate surface area is 150 Å². The molecule has 2 aromatic rings. The Balaban J connectivity index is 1.98. The van der Waals surface area contributed by atoms with E-state index in [4.69, 9.17) is 25.8 Å². The third kappa shape index (κ3) is 5.36. The lowest BCUT2D eigenvalue weighted by molar-refractivity contribution is -0.136. The minimum Gasteiger partial charge on any atom is -0.497 e. The van der Waals surface area contributed by atoms with Crippen LogP contribution in [0.1, 0.15) is 15.9 Å². The molecule has 0 aliphatic heterocycles. The van der Waals surface area contributed by atoms with Crippen molar-refractivity contribution < 1.29 is 23.8 Å². The van der Waals surface area contributed by atoms with E-state index in [-0.39, 0.29) is 12.4 Å². The quantitative estimate of drug-likeness (QED) is 0.427. The molecule has 0 fully saturated rings. The van der Waals surface area contributed by atoms with Gasteiger partial charge in [-0.15, -0.1) is 0 Å². The molecule has 0 heterocycles. The highest BCUT2D eigenvalue weighted by Crippen LogP contribution is 2.25. The minimum atomic E-state index is -0.639. The molecule has 2 rings (SSSR count). The number of carbonyl (C=O) groups excluding carboxylic acids is 2. The molecule has 0 atom stereocenters. The average Bonchev–Trinajstić information content (AvgIpc) is 2.64. The normalized spacial score (nSPS) is 10.5. The molecule has 25 heavy (non-hydrogen) atoms. The second-order valence-electron chi connectivity index (χ2n) is 4.98. The molecule has 130 valence electrons. The van der Waals surface area contributed by atoms with Crippen LogP contribution in [0.25, 0.3) is 6.08 Å². The molecule has 0 aliphatic rings. The zero-order valence-corrected chi connectivity index (χ0v) is 14.6. The van der Waals surface area contributed by atoms with Gasteiger partial charge in [0.2, 0.25) is 0 Å². The molecular formula is C19H17ClO5. The van der Waals surface area contributed by atoms with Gasteiger partial charge < -0.3 is 14.2 Å². The Morgan fingerprint density at radius 1 is 1.08 bits per heavy atom. The fourth-order valence-electron chi connectivity index (χ4n) is 2.06. The second-order valence-corrected chi connectivity index (χ2v) is 5.42. The lowest BCUT2D eigenvalue weighted by Crippen LogP contribution is -2.12. The fourth-order valence-corrected chi connectivity index (χ4v) is 2.25. The van der Waals surface area contributed by atoms with Crippen molar-refractivity contribution in [3.8, 4) is 11.5 Å². The van der Waals surface area contributed by atoms with E-state index in [1.807, 2.05) is 0 Å². The molecule has 0 saturated carbocycles. The Morgan fingerprint density at radius 2 is 1.88 bits per heavy atom. The second kappa shape index (κ2) is 8.89. The fraction of sp³-hybridized carbons (Fsp3) is 0.158. The van der Waals surface area contributed by atoms with Gasteiger partial charge in [-0.2, -0.15) is 0 Å². The summed E-state index contributed by atoms with van der Waals surface area (Å²) in [4.78, 5) is 23.8. The van der Waals surface area contributed by atoms with Gasteiger partial charge in [0.25, 0.3) is 0 Å². The van der Waals surface area contributed by atoms with Crippen molar-refractivity contribution in [3.05, 3.63) is 64.7 Å². The zero-order valence-electron chi connectivity index (χ0n) is 13.8. The molecule has 0 saturated heterocycles. The first-order chi connectivity index (χ1) is 12.0. The third-order valence-corrected chi connectivity index (χ3v) is 3.56. The van der Waals surface area contributed by atoms with E-state index in [0.717, 1.165) is 0 Å². The molecule has 0 aliphatic carbocycles.